The van der Waals surface area contributed by atoms with Crippen LogP contribution in [0.1, 0.15) is 36.0 Å². The van der Waals surface area contributed by atoms with Crippen molar-refractivity contribution in [3.63, 3.8) is 0 Å². The van der Waals surface area contributed by atoms with Crippen molar-refractivity contribution in [2.24, 2.45) is 5.92 Å². The monoisotopic (exact) mass is 481 g/mol. The molecule has 4 aromatic rings. The number of benzene rings is 1. The SMILES string of the molecule is COc1ccccc1-c1nnc(Sc2nc(CN3CCC(C)CC3)nc3sc(C)c(C)c23)o1. The minimum atomic E-state index is 0.432. The first-order valence-corrected chi connectivity index (χ1v) is 12.8. The average Bonchev–Trinajstić information content (AvgIpc) is 3.39. The van der Waals surface area contributed by atoms with E-state index in [0.717, 1.165) is 52.2 Å². The number of methoxy groups -OCH3 is 1. The van der Waals surface area contributed by atoms with E-state index in [2.05, 4.69) is 35.9 Å². The minimum absolute atomic E-state index is 0.432. The van der Waals surface area contributed by atoms with Crippen LogP contribution < -0.4 is 4.74 Å². The zero-order valence-electron chi connectivity index (χ0n) is 19.3. The van der Waals surface area contributed by atoms with E-state index in [-0.39, 0.29) is 0 Å². The van der Waals surface area contributed by atoms with Gasteiger partial charge in [-0.15, -0.1) is 21.5 Å². The number of para-hydroxylation sites is 1. The second kappa shape index (κ2) is 9.40. The number of likely N-dealkylation sites (tertiary alicyclic amines) is 1. The molecule has 7 nitrogen and oxygen atoms in total. The Kier molecular flexibility index (Phi) is 6.36. The normalized spacial score (nSPS) is 15.4. The summed E-state index contributed by atoms with van der Waals surface area (Å²) in [5.74, 6) is 2.78. The Morgan fingerprint density at radius 1 is 1.15 bits per heavy atom. The summed E-state index contributed by atoms with van der Waals surface area (Å²) in [4.78, 5) is 14.6. The molecule has 5 rings (SSSR count). The van der Waals surface area contributed by atoms with E-state index in [4.69, 9.17) is 19.1 Å². The van der Waals surface area contributed by atoms with Crippen LogP contribution in [0.3, 0.4) is 0 Å². The topological polar surface area (TPSA) is 77.2 Å². The van der Waals surface area contributed by atoms with Crippen LogP contribution in [0.4, 0.5) is 0 Å². The predicted octanol–water partition coefficient (Wildman–Crippen LogP) is 5.75. The number of rotatable bonds is 6. The fraction of sp³-hybridized carbons (Fsp3) is 0.417. The first kappa shape index (κ1) is 22.3. The lowest BCUT2D eigenvalue weighted by Crippen LogP contribution is -2.32. The van der Waals surface area contributed by atoms with Crippen molar-refractivity contribution in [2.45, 2.75) is 50.4 Å². The quantitative estimate of drug-likeness (QED) is 0.322. The molecule has 0 bridgehead atoms. The summed E-state index contributed by atoms with van der Waals surface area (Å²) in [6.45, 7) is 9.55. The van der Waals surface area contributed by atoms with Crippen molar-refractivity contribution >= 4 is 33.3 Å². The van der Waals surface area contributed by atoms with E-state index in [1.165, 1.54) is 35.0 Å². The van der Waals surface area contributed by atoms with E-state index in [1.807, 2.05) is 24.3 Å². The molecule has 172 valence electrons. The summed E-state index contributed by atoms with van der Waals surface area (Å²) < 4.78 is 11.4. The highest BCUT2D eigenvalue weighted by molar-refractivity contribution is 7.99. The molecule has 9 heteroatoms. The Morgan fingerprint density at radius 2 is 1.94 bits per heavy atom. The minimum Gasteiger partial charge on any atom is -0.496 e. The van der Waals surface area contributed by atoms with Crippen molar-refractivity contribution in [1.29, 1.82) is 0 Å². The summed E-state index contributed by atoms with van der Waals surface area (Å²) in [7, 11) is 1.63. The van der Waals surface area contributed by atoms with Crippen LogP contribution in [0.2, 0.25) is 0 Å². The number of hydrogen-bond donors (Lipinski definition) is 0. The molecule has 4 heterocycles. The van der Waals surface area contributed by atoms with Gasteiger partial charge < -0.3 is 9.15 Å². The van der Waals surface area contributed by atoms with Crippen LogP contribution in [0, 0.1) is 19.8 Å². The first-order chi connectivity index (χ1) is 16.0. The van der Waals surface area contributed by atoms with Gasteiger partial charge in [0.05, 0.1) is 19.2 Å². The third kappa shape index (κ3) is 4.62. The van der Waals surface area contributed by atoms with Crippen LogP contribution in [-0.4, -0.2) is 45.3 Å². The molecule has 1 aliphatic heterocycles. The van der Waals surface area contributed by atoms with Crippen LogP contribution in [0.15, 0.2) is 38.9 Å². The fourth-order valence-electron chi connectivity index (χ4n) is 4.08. The number of aromatic nitrogens is 4. The van der Waals surface area contributed by atoms with Gasteiger partial charge >= 0.3 is 0 Å². The second-order valence-electron chi connectivity index (χ2n) is 8.54. The largest absolute Gasteiger partial charge is 0.496 e. The molecule has 0 N–H and O–H groups in total. The highest BCUT2D eigenvalue weighted by Crippen LogP contribution is 2.39. The Balaban J connectivity index is 1.46. The van der Waals surface area contributed by atoms with Gasteiger partial charge in [0.25, 0.3) is 11.1 Å². The number of aryl methyl sites for hydroxylation is 2. The maximum absolute atomic E-state index is 6.01. The fourth-order valence-corrected chi connectivity index (χ4v) is 6.07. The lowest BCUT2D eigenvalue weighted by atomic mass is 9.99. The Labute approximate surface area is 201 Å². The molecule has 0 spiro atoms. The van der Waals surface area contributed by atoms with Crippen LogP contribution in [0.25, 0.3) is 21.7 Å². The lowest BCUT2D eigenvalue weighted by molar-refractivity contribution is 0.181. The summed E-state index contributed by atoms with van der Waals surface area (Å²) in [6, 6.07) is 7.63. The smallest absolute Gasteiger partial charge is 0.283 e. The van der Waals surface area contributed by atoms with Crippen molar-refractivity contribution in [1.82, 2.24) is 25.1 Å². The number of fused-ring (bicyclic) bond motifs is 1. The van der Waals surface area contributed by atoms with E-state index in [0.29, 0.717) is 16.9 Å². The summed E-state index contributed by atoms with van der Waals surface area (Å²) >= 11 is 3.13. The van der Waals surface area contributed by atoms with Crippen LogP contribution >= 0.6 is 23.1 Å². The number of nitrogens with zero attached hydrogens (tertiary/aromatic N) is 5. The number of thiophene rings is 1. The molecular weight excluding hydrogens is 454 g/mol. The maximum atomic E-state index is 6.01. The molecule has 33 heavy (non-hydrogen) atoms. The van der Waals surface area contributed by atoms with Crippen molar-refractivity contribution in [3.05, 3.63) is 40.5 Å². The van der Waals surface area contributed by atoms with Gasteiger partial charge in [-0.2, -0.15) is 0 Å². The Hall–Kier alpha value is -2.49. The lowest BCUT2D eigenvalue weighted by Gasteiger charge is -2.29. The zero-order chi connectivity index (χ0) is 22.9. The van der Waals surface area contributed by atoms with Gasteiger partial charge in [0.2, 0.25) is 0 Å². The van der Waals surface area contributed by atoms with Crippen LogP contribution in [-0.2, 0) is 6.54 Å². The van der Waals surface area contributed by atoms with Gasteiger partial charge in [0, 0.05) is 10.3 Å². The molecule has 3 aromatic heterocycles. The Bertz CT molecular complexity index is 1280. The molecule has 0 atom stereocenters. The third-order valence-corrected chi connectivity index (χ3v) is 8.14. The molecule has 0 amide bonds. The van der Waals surface area contributed by atoms with Crippen molar-refractivity contribution < 1.29 is 9.15 Å². The van der Waals surface area contributed by atoms with E-state index < -0.39 is 0 Å². The van der Waals surface area contributed by atoms with E-state index >= 15 is 0 Å². The molecule has 1 aliphatic rings. The molecular formula is C24H27N5O2S2. The summed E-state index contributed by atoms with van der Waals surface area (Å²) in [5.41, 5.74) is 1.98. The Morgan fingerprint density at radius 3 is 2.73 bits per heavy atom. The molecule has 0 radical (unpaired) electrons. The van der Waals surface area contributed by atoms with Gasteiger partial charge in [-0.3, -0.25) is 4.90 Å². The average molecular weight is 482 g/mol. The number of hydrogen-bond acceptors (Lipinski definition) is 9. The van der Waals surface area contributed by atoms with Gasteiger partial charge in [0.1, 0.15) is 21.4 Å². The molecule has 0 saturated carbocycles. The number of ether oxygens (including phenoxy) is 1. The summed E-state index contributed by atoms with van der Waals surface area (Å²) in [5, 5.41) is 10.9. The van der Waals surface area contributed by atoms with E-state index in [1.54, 1.807) is 18.4 Å². The van der Waals surface area contributed by atoms with Gasteiger partial charge in [0.15, 0.2) is 0 Å². The molecule has 1 fully saturated rings. The molecule has 0 unspecified atom stereocenters. The second-order valence-corrected chi connectivity index (χ2v) is 10.7. The zero-order valence-corrected chi connectivity index (χ0v) is 20.9. The predicted molar refractivity (Wildman–Crippen MR) is 131 cm³/mol. The highest BCUT2D eigenvalue weighted by atomic mass is 32.2. The van der Waals surface area contributed by atoms with E-state index in [9.17, 15) is 0 Å². The van der Waals surface area contributed by atoms with Crippen LogP contribution in [0.5, 0.6) is 5.75 Å². The first-order valence-electron chi connectivity index (χ1n) is 11.2. The maximum Gasteiger partial charge on any atom is 0.283 e. The van der Waals surface area contributed by atoms with Gasteiger partial charge in [-0.25, -0.2) is 9.97 Å². The molecule has 0 aliphatic carbocycles. The molecule has 1 saturated heterocycles. The van der Waals surface area contributed by atoms with Gasteiger partial charge in [-0.05, 0) is 75.2 Å². The van der Waals surface area contributed by atoms with Gasteiger partial charge in [-0.1, -0.05) is 19.1 Å². The van der Waals surface area contributed by atoms with Crippen molar-refractivity contribution in [2.75, 3.05) is 20.2 Å². The van der Waals surface area contributed by atoms with Crippen molar-refractivity contribution in [3.8, 4) is 17.2 Å². The molecule has 1 aromatic carbocycles. The highest BCUT2D eigenvalue weighted by Gasteiger charge is 2.22. The number of piperidine rings is 1. The summed E-state index contributed by atoms with van der Waals surface area (Å²) in [6.07, 6.45) is 2.46. The standard InChI is InChI=1S/C24H27N5O2S2/c1-14-9-11-29(12-10-14)13-19-25-22-20(15(2)16(3)32-22)23(26-19)33-24-28-27-21(31-24)17-7-5-6-8-18(17)30-4/h5-8,14H,9-13H2,1-4H3. The third-order valence-electron chi connectivity index (χ3n) is 6.21.